The summed E-state index contributed by atoms with van der Waals surface area (Å²) in [6, 6.07) is 2.73. The maximum atomic E-state index is 6.90. The van der Waals surface area contributed by atoms with Gasteiger partial charge in [0, 0.05) is 34.5 Å². The highest BCUT2D eigenvalue weighted by Gasteiger charge is 2.60. The van der Waals surface area contributed by atoms with E-state index in [4.69, 9.17) is 4.74 Å². The standard InChI is InChI=1S/C56H91NOS/c1-2-11-36(12-3-1)37-21-27-41(28-22-37)57(43-31-25-39(26-32-43)51-35-40-13-4-5-14-44(40)46-15-6-7-16-47(46)51)42-29-23-38(24-30-42)45-18-10-19-48-49-33-34-53-54(56(49)59-55(45)48)50-17-8-9-20-52(50)58-53/h36-56H,1-35H2. The molecule has 14 atom stereocenters. The van der Waals surface area contributed by atoms with Crippen molar-refractivity contribution in [3.05, 3.63) is 0 Å². The molecule has 12 rings (SSSR count). The topological polar surface area (TPSA) is 12.5 Å². The van der Waals surface area contributed by atoms with Crippen LogP contribution in [0.4, 0.5) is 0 Å². The summed E-state index contributed by atoms with van der Waals surface area (Å²) >= 11 is 2.61. The second-order valence-corrected chi connectivity index (χ2v) is 26.4. The van der Waals surface area contributed by atoms with E-state index >= 15 is 0 Å². The van der Waals surface area contributed by atoms with Gasteiger partial charge in [-0.05, 0) is 218 Å². The number of rotatable bonds is 6. The summed E-state index contributed by atoms with van der Waals surface area (Å²) in [5.41, 5.74) is 0. The number of thioether (sulfide) groups is 1. The molecule has 332 valence electrons. The fraction of sp³-hybridized carbons (Fsp3) is 1.00. The van der Waals surface area contributed by atoms with Crippen LogP contribution in [-0.2, 0) is 4.74 Å². The van der Waals surface area contributed by atoms with Crippen LogP contribution < -0.4 is 0 Å². The highest BCUT2D eigenvalue weighted by atomic mass is 32.2. The fourth-order valence-corrected chi connectivity index (χ4v) is 23.1. The van der Waals surface area contributed by atoms with Crippen LogP contribution in [-0.4, -0.2) is 45.7 Å². The van der Waals surface area contributed by atoms with Crippen molar-refractivity contribution in [2.24, 2.45) is 82.9 Å². The van der Waals surface area contributed by atoms with Crippen molar-refractivity contribution in [3.63, 3.8) is 0 Å². The number of hydrogen-bond donors (Lipinski definition) is 0. The molecule has 0 aromatic heterocycles. The molecule has 10 aliphatic carbocycles. The third kappa shape index (κ3) is 7.75. The molecule has 14 unspecified atom stereocenters. The van der Waals surface area contributed by atoms with Gasteiger partial charge < -0.3 is 4.74 Å². The van der Waals surface area contributed by atoms with Crippen LogP contribution in [0.5, 0.6) is 0 Å². The van der Waals surface area contributed by atoms with E-state index in [0.717, 1.165) is 111 Å². The molecule has 3 heteroatoms. The molecule has 2 nitrogen and oxygen atoms in total. The molecule has 59 heavy (non-hydrogen) atoms. The van der Waals surface area contributed by atoms with Crippen molar-refractivity contribution in [2.75, 3.05) is 0 Å². The molecule has 0 spiro atoms. The highest BCUT2D eigenvalue weighted by Crippen LogP contribution is 2.64. The predicted molar refractivity (Wildman–Crippen MR) is 247 cm³/mol. The van der Waals surface area contributed by atoms with Gasteiger partial charge in [0.2, 0.25) is 0 Å². The van der Waals surface area contributed by atoms with Gasteiger partial charge in [-0.2, -0.15) is 11.8 Å². The Labute approximate surface area is 368 Å². The number of hydrogen-bond acceptors (Lipinski definition) is 3. The van der Waals surface area contributed by atoms with Crippen molar-refractivity contribution < 1.29 is 4.74 Å². The van der Waals surface area contributed by atoms with Gasteiger partial charge in [-0.1, -0.05) is 83.5 Å². The van der Waals surface area contributed by atoms with Crippen LogP contribution >= 0.6 is 11.8 Å². The zero-order valence-electron chi connectivity index (χ0n) is 38.1. The lowest BCUT2D eigenvalue weighted by Crippen LogP contribution is -2.54. The molecule has 0 amide bonds. The highest BCUT2D eigenvalue weighted by molar-refractivity contribution is 8.00. The Bertz CT molecular complexity index is 1370. The Balaban J connectivity index is 0.722. The lowest BCUT2D eigenvalue weighted by molar-refractivity contribution is -0.0544. The van der Waals surface area contributed by atoms with Crippen LogP contribution in [0.1, 0.15) is 225 Å². The summed E-state index contributed by atoms with van der Waals surface area (Å²) in [6.07, 6.45) is 55.5. The zero-order valence-corrected chi connectivity index (χ0v) is 39.0. The number of fused-ring (bicyclic) bond motifs is 10. The van der Waals surface area contributed by atoms with Crippen molar-refractivity contribution in [2.45, 2.75) is 266 Å². The van der Waals surface area contributed by atoms with Gasteiger partial charge in [-0.15, -0.1) is 0 Å². The predicted octanol–water partition coefficient (Wildman–Crippen LogP) is 15.1. The second kappa shape index (κ2) is 17.9. The maximum Gasteiger partial charge on any atom is 0.0621 e. The Kier molecular flexibility index (Phi) is 12.4. The minimum Gasteiger partial charge on any atom is -0.374 e. The third-order valence-electron chi connectivity index (χ3n) is 22.9. The van der Waals surface area contributed by atoms with Gasteiger partial charge >= 0.3 is 0 Å². The molecule has 2 saturated heterocycles. The first kappa shape index (κ1) is 40.8. The molecule has 0 N–H and O–H groups in total. The average Bonchev–Trinajstić information content (AvgIpc) is 3.89. The van der Waals surface area contributed by atoms with Gasteiger partial charge in [0.1, 0.15) is 0 Å². The summed E-state index contributed by atoms with van der Waals surface area (Å²) in [6.45, 7) is 0. The lowest BCUT2D eigenvalue weighted by atomic mass is 9.51. The molecule has 12 fully saturated rings. The summed E-state index contributed by atoms with van der Waals surface area (Å²) < 4.78 is 6.90. The smallest absolute Gasteiger partial charge is 0.0621 e. The Hall–Kier alpha value is 0.270. The van der Waals surface area contributed by atoms with E-state index in [0.29, 0.717) is 12.2 Å². The molecule has 2 aliphatic heterocycles. The molecule has 0 radical (unpaired) electrons. The lowest BCUT2D eigenvalue weighted by Gasteiger charge is -2.55. The fourth-order valence-electron chi connectivity index (χ4n) is 20.5. The molecule has 0 bridgehead atoms. The quantitative estimate of drug-likeness (QED) is 0.265. The molecule has 2 heterocycles. The summed E-state index contributed by atoms with van der Waals surface area (Å²) in [4.78, 5) is 3.40. The average molecular weight is 826 g/mol. The summed E-state index contributed by atoms with van der Waals surface area (Å²) in [7, 11) is 0. The minimum absolute atomic E-state index is 0.626. The van der Waals surface area contributed by atoms with Gasteiger partial charge in [-0.25, -0.2) is 0 Å². The Morgan fingerprint density at radius 2 is 0.780 bits per heavy atom. The van der Waals surface area contributed by atoms with Crippen LogP contribution in [0.15, 0.2) is 0 Å². The normalized spacial score (nSPS) is 53.0. The van der Waals surface area contributed by atoms with E-state index in [2.05, 4.69) is 16.7 Å². The van der Waals surface area contributed by atoms with E-state index in [1.807, 2.05) is 0 Å². The zero-order chi connectivity index (χ0) is 38.9. The molecule has 12 aliphatic rings. The van der Waals surface area contributed by atoms with Crippen molar-refractivity contribution in [1.82, 2.24) is 4.90 Å². The first-order valence-corrected chi connectivity index (χ1v) is 29.3. The van der Waals surface area contributed by atoms with E-state index in [1.165, 1.54) is 57.8 Å². The van der Waals surface area contributed by atoms with Crippen molar-refractivity contribution >= 4 is 11.8 Å². The summed E-state index contributed by atoms with van der Waals surface area (Å²) in [5, 5.41) is 1.94. The van der Waals surface area contributed by atoms with Crippen LogP contribution in [0.25, 0.3) is 0 Å². The van der Waals surface area contributed by atoms with Gasteiger partial charge in [0.25, 0.3) is 0 Å². The van der Waals surface area contributed by atoms with Gasteiger partial charge in [0.05, 0.1) is 12.2 Å². The van der Waals surface area contributed by atoms with Gasteiger partial charge in [-0.3, -0.25) is 4.90 Å². The number of ether oxygens (including phenoxy) is 1. The molecule has 0 aromatic rings. The first-order valence-electron chi connectivity index (χ1n) is 28.3. The largest absolute Gasteiger partial charge is 0.374 e. The van der Waals surface area contributed by atoms with Crippen LogP contribution in [0, 0.1) is 82.9 Å². The molecule has 10 saturated carbocycles. The van der Waals surface area contributed by atoms with Crippen molar-refractivity contribution in [3.8, 4) is 0 Å². The monoisotopic (exact) mass is 826 g/mol. The molecular weight excluding hydrogens is 735 g/mol. The maximum absolute atomic E-state index is 6.90. The second-order valence-electron chi connectivity index (χ2n) is 25.1. The van der Waals surface area contributed by atoms with E-state index in [-0.39, 0.29) is 0 Å². The summed E-state index contributed by atoms with van der Waals surface area (Å²) in [5.74, 6) is 14.8. The Morgan fingerprint density at radius 3 is 1.49 bits per heavy atom. The third-order valence-corrected chi connectivity index (χ3v) is 24.9. The van der Waals surface area contributed by atoms with E-state index in [9.17, 15) is 0 Å². The van der Waals surface area contributed by atoms with Gasteiger partial charge in [0.15, 0.2) is 0 Å². The molecule has 0 aromatic carbocycles. The minimum atomic E-state index is 0.626. The van der Waals surface area contributed by atoms with E-state index < -0.39 is 0 Å². The Morgan fingerprint density at radius 1 is 0.288 bits per heavy atom. The van der Waals surface area contributed by atoms with Crippen LogP contribution in [0.3, 0.4) is 0 Å². The van der Waals surface area contributed by atoms with E-state index in [1.54, 1.807) is 167 Å². The molecular formula is C56H91NOS. The first-order chi connectivity index (χ1) is 29.2. The van der Waals surface area contributed by atoms with Crippen molar-refractivity contribution in [1.29, 1.82) is 0 Å². The number of nitrogens with zero attached hydrogens (tertiary/aromatic N) is 1. The SMILES string of the molecule is C1CCC(C2CCC(N(C3CCC(C4CC5CCCCC5C5CCCCC45)CC3)C3CCC(C4CCCC5C6CCC7OC8CCCCC8C7C6SC45)CC3)CC2)CC1. The van der Waals surface area contributed by atoms with Crippen LogP contribution in [0.2, 0.25) is 0 Å².